The van der Waals surface area contributed by atoms with Crippen LogP contribution in [0.5, 0.6) is 0 Å². The lowest BCUT2D eigenvalue weighted by Gasteiger charge is -2.13. The first kappa shape index (κ1) is 28.4. The molecule has 1 aromatic heterocycles. The van der Waals surface area contributed by atoms with Crippen LogP contribution in [0.2, 0.25) is 0 Å². The van der Waals surface area contributed by atoms with Gasteiger partial charge in [0.2, 0.25) is 0 Å². The molecule has 1 aliphatic carbocycles. The molecule has 1 aromatic rings. The van der Waals surface area contributed by atoms with Crippen molar-refractivity contribution in [1.82, 2.24) is 5.32 Å². The van der Waals surface area contributed by atoms with Crippen LogP contribution in [0.4, 0.5) is 0 Å². The minimum Gasteiger partial charge on any atom is -0.319 e. The average Bonchev–Trinajstić information content (AvgIpc) is 3.18. The van der Waals surface area contributed by atoms with Gasteiger partial charge in [-0.25, -0.2) is 0 Å². The van der Waals surface area contributed by atoms with E-state index in [0.29, 0.717) is 0 Å². The van der Waals surface area contributed by atoms with Crippen molar-refractivity contribution < 1.29 is 0 Å². The van der Waals surface area contributed by atoms with Crippen molar-refractivity contribution in [1.29, 1.82) is 0 Å². The second-order valence-corrected chi connectivity index (χ2v) is 8.29. The Hall–Kier alpha value is -0.860. The summed E-state index contributed by atoms with van der Waals surface area (Å²) in [6.45, 7) is 23.3. The van der Waals surface area contributed by atoms with Crippen LogP contribution in [-0.2, 0) is 12.8 Å². The molecule has 2 rings (SSSR count). The van der Waals surface area contributed by atoms with Gasteiger partial charge in [0.15, 0.2) is 0 Å². The molecule has 0 aromatic carbocycles. The Kier molecular flexibility index (Phi) is 19.4. The molecule has 1 heterocycles. The molecule has 0 fully saturated rings. The number of rotatable bonds is 7. The normalized spacial score (nSPS) is 11.3. The van der Waals surface area contributed by atoms with Crippen LogP contribution < -0.4 is 5.32 Å². The minimum absolute atomic E-state index is 0.917. The Labute approximate surface area is 175 Å². The molecular formula is C25H47NS. The molecule has 0 amide bonds. The van der Waals surface area contributed by atoms with Crippen molar-refractivity contribution in [3.05, 3.63) is 40.1 Å². The topological polar surface area (TPSA) is 12.0 Å². The predicted octanol–water partition coefficient (Wildman–Crippen LogP) is 8.22. The molecule has 158 valence electrons. The number of thiophene rings is 1. The van der Waals surface area contributed by atoms with Gasteiger partial charge in [0.1, 0.15) is 0 Å². The van der Waals surface area contributed by atoms with Gasteiger partial charge in [0.05, 0.1) is 0 Å². The monoisotopic (exact) mass is 393 g/mol. The fourth-order valence-corrected chi connectivity index (χ4v) is 4.90. The van der Waals surface area contributed by atoms with E-state index in [9.17, 15) is 0 Å². The maximum absolute atomic E-state index is 4.04. The number of aryl methyl sites for hydroxylation is 2. The van der Waals surface area contributed by atoms with Gasteiger partial charge in [-0.05, 0) is 89.1 Å². The van der Waals surface area contributed by atoms with Crippen LogP contribution in [0.15, 0.2) is 19.2 Å². The van der Waals surface area contributed by atoms with E-state index in [1.54, 1.807) is 16.5 Å². The SMILES string of the molecule is C=C(C)c1c(C)sc2c1CCC2.C=CC.CC.CCCC(CCC)CNC. The summed E-state index contributed by atoms with van der Waals surface area (Å²) >= 11 is 1.97. The third-order valence-corrected chi connectivity index (χ3v) is 5.62. The average molecular weight is 394 g/mol. The fraction of sp³-hybridized carbons (Fsp3) is 0.680. The van der Waals surface area contributed by atoms with E-state index in [1.165, 1.54) is 67.5 Å². The molecule has 0 spiro atoms. The molecule has 27 heavy (non-hydrogen) atoms. The highest BCUT2D eigenvalue weighted by Gasteiger charge is 2.19. The molecule has 0 bridgehead atoms. The molecule has 1 N–H and O–H groups in total. The molecule has 0 saturated carbocycles. The van der Waals surface area contributed by atoms with Crippen LogP contribution >= 0.6 is 11.3 Å². The zero-order valence-corrected chi connectivity index (χ0v) is 20.5. The van der Waals surface area contributed by atoms with Crippen molar-refractivity contribution in [2.45, 2.75) is 93.4 Å². The molecule has 1 aliphatic rings. The largest absolute Gasteiger partial charge is 0.319 e. The third-order valence-electron chi connectivity index (χ3n) is 4.41. The van der Waals surface area contributed by atoms with Gasteiger partial charge in [-0.3, -0.25) is 0 Å². The maximum atomic E-state index is 4.04. The number of nitrogens with one attached hydrogen (secondary N) is 1. The van der Waals surface area contributed by atoms with E-state index < -0.39 is 0 Å². The molecule has 0 radical (unpaired) electrons. The van der Waals surface area contributed by atoms with E-state index >= 15 is 0 Å². The Morgan fingerprint density at radius 1 is 1.19 bits per heavy atom. The first-order valence-corrected chi connectivity index (χ1v) is 11.8. The highest BCUT2D eigenvalue weighted by molar-refractivity contribution is 7.12. The molecule has 1 nitrogen and oxygen atoms in total. The molecule has 2 heteroatoms. The zero-order valence-electron chi connectivity index (χ0n) is 19.6. The van der Waals surface area contributed by atoms with Crippen molar-refractivity contribution in [2.24, 2.45) is 5.92 Å². The zero-order chi connectivity index (χ0) is 21.2. The van der Waals surface area contributed by atoms with E-state index in [-0.39, 0.29) is 0 Å². The summed E-state index contributed by atoms with van der Waals surface area (Å²) in [5.74, 6) is 0.917. The van der Waals surface area contributed by atoms with E-state index in [0.717, 1.165) is 5.92 Å². The first-order valence-electron chi connectivity index (χ1n) is 10.9. The summed E-state index contributed by atoms with van der Waals surface area (Å²) in [6, 6.07) is 0. The Morgan fingerprint density at radius 2 is 1.70 bits per heavy atom. The second kappa shape index (κ2) is 18.5. The lowest BCUT2D eigenvalue weighted by molar-refractivity contribution is 0.424. The van der Waals surface area contributed by atoms with Gasteiger partial charge >= 0.3 is 0 Å². The van der Waals surface area contributed by atoms with Gasteiger partial charge < -0.3 is 5.32 Å². The number of allylic oxidation sites excluding steroid dienone is 2. The smallest absolute Gasteiger partial charge is 0.00948 e. The van der Waals surface area contributed by atoms with E-state index in [1.807, 2.05) is 39.2 Å². The van der Waals surface area contributed by atoms with Crippen molar-refractivity contribution in [3.8, 4) is 0 Å². The first-order chi connectivity index (χ1) is 13.0. The second-order valence-electron chi connectivity index (χ2n) is 6.98. The van der Waals surface area contributed by atoms with Crippen molar-refractivity contribution in [2.75, 3.05) is 13.6 Å². The predicted molar refractivity (Wildman–Crippen MR) is 130 cm³/mol. The summed E-state index contributed by atoms with van der Waals surface area (Å²) in [5, 5.41) is 3.24. The quantitative estimate of drug-likeness (QED) is 0.460. The molecular weight excluding hydrogens is 346 g/mol. The van der Waals surface area contributed by atoms with E-state index in [2.05, 4.69) is 46.2 Å². The molecule has 0 atom stereocenters. The maximum Gasteiger partial charge on any atom is 0.00948 e. The van der Waals surface area contributed by atoms with Gasteiger partial charge in [0.25, 0.3) is 0 Å². The van der Waals surface area contributed by atoms with Crippen molar-refractivity contribution in [3.63, 3.8) is 0 Å². The highest BCUT2D eigenvalue weighted by atomic mass is 32.1. The Morgan fingerprint density at radius 3 is 2.11 bits per heavy atom. The van der Waals surface area contributed by atoms with Gasteiger partial charge in [-0.2, -0.15) is 0 Å². The lowest BCUT2D eigenvalue weighted by atomic mass is 9.98. The standard InChI is InChI=1S/C11H14S.C9H21N.C3H6.C2H6/c1-7(2)11-8(3)12-10-6-4-5-9(10)11;1-4-6-9(7-5-2)8-10-3;1-3-2;1-2/h1,4-6H2,2-3H3;9-10H,4-8H2,1-3H3;3H,1H2,2H3;1-2H3. The minimum atomic E-state index is 0.917. The van der Waals surface area contributed by atoms with Gasteiger partial charge in [-0.15, -0.1) is 17.9 Å². The van der Waals surface area contributed by atoms with Crippen LogP contribution in [0.3, 0.4) is 0 Å². The molecule has 0 aliphatic heterocycles. The summed E-state index contributed by atoms with van der Waals surface area (Å²) in [5.41, 5.74) is 4.31. The van der Waals surface area contributed by atoms with E-state index in [4.69, 9.17) is 0 Å². The van der Waals surface area contributed by atoms with Gasteiger partial charge in [0, 0.05) is 9.75 Å². The van der Waals surface area contributed by atoms with Gasteiger partial charge in [-0.1, -0.05) is 53.2 Å². The lowest BCUT2D eigenvalue weighted by Crippen LogP contribution is -2.18. The Bertz CT molecular complexity index is 484. The van der Waals surface area contributed by atoms with Crippen LogP contribution in [0.1, 0.15) is 94.5 Å². The fourth-order valence-electron chi connectivity index (χ4n) is 3.55. The van der Waals surface area contributed by atoms with Crippen LogP contribution in [0, 0.1) is 12.8 Å². The summed E-state index contributed by atoms with van der Waals surface area (Å²) in [7, 11) is 2.04. The van der Waals surface area contributed by atoms with Crippen molar-refractivity contribution >= 4 is 16.9 Å². The highest BCUT2D eigenvalue weighted by Crippen LogP contribution is 2.37. The summed E-state index contributed by atoms with van der Waals surface area (Å²) < 4.78 is 0. The summed E-state index contributed by atoms with van der Waals surface area (Å²) in [6.07, 6.45) is 11.1. The number of hydrogen-bond acceptors (Lipinski definition) is 2. The Balaban J connectivity index is 0. The molecule has 0 unspecified atom stereocenters. The molecule has 0 saturated heterocycles. The third kappa shape index (κ3) is 11.5. The number of hydrogen-bond donors (Lipinski definition) is 1. The summed E-state index contributed by atoms with van der Waals surface area (Å²) in [4.78, 5) is 3.08. The van der Waals surface area contributed by atoms with Crippen LogP contribution in [0.25, 0.3) is 5.57 Å². The van der Waals surface area contributed by atoms with Crippen LogP contribution in [-0.4, -0.2) is 13.6 Å². The number of fused-ring (bicyclic) bond motifs is 1.